The van der Waals surface area contributed by atoms with Crippen molar-refractivity contribution in [2.45, 2.75) is 6.92 Å². The van der Waals surface area contributed by atoms with Crippen LogP contribution in [0.2, 0.25) is 0 Å². The molecule has 0 amide bonds. The molecule has 0 saturated carbocycles. The van der Waals surface area contributed by atoms with Gasteiger partial charge in [-0.1, -0.05) is 0 Å². The van der Waals surface area contributed by atoms with Crippen LogP contribution in [-0.4, -0.2) is 21.5 Å². The Kier molecular flexibility index (Phi) is 3.66. The summed E-state index contributed by atoms with van der Waals surface area (Å²) in [5.41, 5.74) is 0.929. The first-order valence-corrected chi connectivity index (χ1v) is 6.06. The summed E-state index contributed by atoms with van der Waals surface area (Å²) in [6.07, 6.45) is 5.31. The number of anilines is 1. The van der Waals surface area contributed by atoms with E-state index < -0.39 is 0 Å². The van der Waals surface area contributed by atoms with Gasteiger partial charge in [-0.15, -0.1) is 0 Å². The summed E-state index contributed by atoms with van der Waals surface area (Å²) in [6, 6.07) is 3.83. The Morgan fingerprint density at radius 2 is 2.25 bits per heavy atom. The standard InChI is InChI=1S/C11H11IN4/c1-2-14-11-9(12)7-15-10(16-11)8-4-3-5-13-6-8/h3-7H,2H2,1H3,(H,14,15,16). The summed E-state index contributed by atoms with van der Waals surface area (Å²) in [6.45, 7) is 2.89. The lowest BCUT2D eigenvalue weighted by Crippen LogP contribution is -2.03. The summed E-state index contributed by atoms with van der Waals surface area (Å²) in [5.74, 6) is 1.57. The van der Waals surface area contributed by atoms with E-state index in [-0.39, 0.29) is 0 Å². The van der Waals surface area contributed by atoms with Crippen LogP contribution in [0.25, 0.3) is 11.4 Å². The van der Waals surface area contributed by atoms with Crippen molar-refractivity contribution in [3.63, 3.8) is 0 Å². The molecule has 4 nitrogen and oxygen atoms in total. The van der Waals surface area contributed by atoms with Crippen LogP contribution in [0.3, 0.4) is 0 Å². The Bertz CT molecular complexity index is 473. The van der Waals surface area contributed by atoms with Gasteiger partial charge in [0.05, 0.1) is 3.57 Å². The summed E-state index contributed by atoms with van der Waals surface area (Å²) >= 11 is 2.22. The average molecular weight is 326 g/mol. The first kappa shape index (κ1) is 11.3. The van der Waals surface area contributed by atoms with Crippen LogP contribution in [0, 0.1) is 3.57 Å². The fraction of sp³-hybridized carbons (Fsp3) is 0.182. The molecular formula is C11H11IN4. The van der Waals surface area contributed by atoms with Crippen molar-refractivity contribution in [2.24, 2.45) is 0 Å². The number of nitrogens with zero attached hydrogens (tertiary/aromatic N) is 3. The molecule has 2 rings (SSSR count). The number of halogens is 1. The van der Waals surface area contributed by atoms with E-state index in [0.29, 0.717) is 5.82 Å². The van der Waals surface area contributed by atoms with Crippen LogP contribution in [0.4, 0.5) is 5.82 Å². The maximum atomic E-state index is 4.46. The van der Waals surface area contributed by atoms with Crippen LogP contribution in [0.1, 0.15) is 6.92 Å². The Hall–Kier alpha value is -1.24. The molecule has 0 aliphatic rings. The van der Waals surface area contributed by atoms with E-state index in [9.17, 15) is 0 Å². The van der Waals surface area contributed by atoms with Gasteiger partial charge in [-0.25, -0.2) is 9.97 Å². The lowest BCUT2D eigenvalue weighted by molar-refractivity contribution is 1.10. The molecule has 82 valence electrons. The van der Waals surface area contributed by atoms with Crippen molar-refractivity contribution in [2.75, 3.05) is 11.9 Å². The second-order valence-corrected chi connectivity index (χ2v) is 4.32. The van der Waals surface area contributed by atoms with Crippen LogP contribution >= 0.6 is 22.6 Å². The van der Waals surface area contributed by atoms with Gasteiger partial charge in [0.1, 0.15) is 5.82 Å². The molecule has 0 aromatic carbocycles. The Morgan fingerprint density at radius 3 is 2.94 bits per heavy atom. The lowest BCUT2D eigenvalue weighted by atomic mass is 10.3. The zero-order valence-electron chi connectivity index (χ0n) is 8.81. The van der Waals surface area contributed by atoms with Gasteiger partial charge in [0.15, 0.2) is 5.82 Å². The Morgan fingerprint density at radius 1 is 1.38 bits per heavy atom. The molecule has 0 aliphatic heterocycles. The van der Waals surface area contributed by atoms with Crippen molar-refractivity contribution in [1.82, 2.24) is 15.0 Å². The highest BCUT2D eigenvalue weighted by Crippen LogP contribution is 2.19. The maximum absolute atomic E-state index is 4.46. The van der Waals surface area contributed by atoms with Gasteiger partial charge in [0, 0.05) is 30.7 Å². The van der Waals surface area contributed by atoms with Crippen LogP contribution < -0.4 is 5.32 Å². The maximum Gasteiger partial charge on any atom is 0.163 e. The minimum atomic E-state index is 0.699. The van der Waals surface area contributed by atoms with E-state index in [1.165, 1.54) is 0 Å². The minimum absolute atomic E-state index is 0.699. The first-order valence-electron chi connectivity index (χ1n) is 4.98. The van der Waals surface area contributed by atoms with Crippen molar-refractivity contribution < 1.29 is 0 Å². The number of hydrogen-bond acceptors (Lipinski definition) is 4. The second-order valence-electron chi connectivity index (χ2n) is 3.16. The third kappa shape index (κ3) is 2.46. The minimum Gasteiger partial charge on any atom is -0.369 e. The topological polar surface area (TPSA) is 50.7 Å². The van der Waals surface area contributed by atoms with Crippen molar-refractivity contribution >= 4 is 28.4 Å². The van der Waals surface area contributed by atoms with Gasteiger partial charge < -0.3 is 5.32 Å². The molecular weight excluding hydrogens is 315 g/mol. The Labute approximate surface area is 108 Å². The molecule has 0 saturated heterocycles. The fourth-order valence-electron chi connectivity index (χ4n) is 1.29. The lowest BCUT2D eigenvalue weighted by Gasteiger charge is -2.06. The molecule has 0 spiro atoms. The second kappa shape index (κ2) is 5.20. The molecule has 0 atom stereocenters. The number of rotatable bonds is 3. The van der Waals surface area contributed by atoms with E-state index in [2.05, 4.69) is 42.9 Å². The molecule has 2 heterocycles. The van der Waals surface area contributed by atoms with Crippen molar-refractivity contribution in [1.29, 1.82) is 0 Å². The predicted molar refractivity (Wildman–Crippen MR) is 72.1 cm³/mol. The first-order chi connectivity index (χ1) is 7.81. The van der Waals surface area contributed by atoms with Crippen LogP contribution in [-0.2, 0) is 0 Å². The van der Waals surface area contributed by atoms with E-state index >= 15 is 0 Å². The van der Waals surface area contributed by atoms with Gasteiger partial charge >= 0.3 is 0 Å². The van der Waals surface area contributed by atoms with E-state index in [1.54, 1.807) is 12.4 Å². The van der Waals surface area contributed by atoms with Crippen LogP contribution in [0.15, 0.2) is 30.7 Å². The summed E-state index contributed by atoms with van der Waals surface area (Å²) in [4.78, 5) is 12.8. The molecule has 0 fully saturated rings. The molecule has 16 heavy (non-hydrogen) atoms. The van der Waals surface area contributed by atoms with Gasteiger partial charge in [-0.05, 0) is 41.6 Å². The van der Waals surface area contributed by atoms with Gasteiger partial charge in [0.2, 0.25) is 0 Å². The smallest absolute Gasteiger partial charge is 0.163 e. The summed E-state index contributed by atoms with van der Waals surface area (Å²) < 4.78 is 1.02. The highest BCUT2D eigenvalue weighted by Gasteiger charge is 2.05. The zero-order valence-corrected chi connectivity index (χ0v) is 11.0. The average Bonchev–Trinajstić information content (AvgIpc) is 2.33. The molecule has 0 unspecified atom stereocenters. The summed E-state index contributed by atoms with van der Waals surface area (Å²) in [5, 5.41) is 3.21. The van der Waals surface area contributed by atoms with Gasteiger partial charge in [-0.3, -0.25) is 4.98 Å². The SMILES string of the molecule is CCNc1nc(-c2cccnc2)ncc1I. The highest BCUT2D eigenvalue weighted by atomic mass is 127. The molecule has 0 bridgehead atoms. The van der Waals surface area contributed by atoms with Gasteiger partial charge in [0.25, 0.3) is 0 Å². The molecule has 2 aromatic heterocycles. The van der Waals surface area contributed by atoms with Crippen molar-refractivity contribution in [3.05, 3.63) is 34.3 Å². The van der Waals surface area contributed by atoms with E-state index in [1.807, 2.05) is 25.3 Å². The fourth-order valence-corrected chi connectivity index (χ4v) is 1.74. The van der Waals surface area contributed by atoms with Crippen molar-refractivity contribution in [3.8, 4) is 11.4 Å². The molecule has 2 aromatic rings. The number of nitrogens with one attached hydrogen (secondary N) is 1. The largest absolute Gasteiger partial charge is 0.369 e. The quantitative estimate of drug-likeness (QED) is 0.881. The Balaban J connectivity index is 2.40. The third-order valence-electron chi connectivity index (χ3n) is 2.01. The van der Waals surface area contributed by atoms with Crippen LogP contribution in [0.5, 0.6) is 0 Å². The number of pyridine rings is 1. The molecule has 1 N–H and O–H groups in total. The molecule has 0 aliphatic carbocycles. The zero-order chi connectivity index (χ0) is 11.4. The molecule has 5 heteroatoms. The summed E-state index contributed by atoms with van der Waals surface area (Å²) in [7, 11) is 0. The monoisotopic (exact) mass is 326 g/mol. The highest BCUT2D eigenvalue weighted by molar-refractivity contribution is 14.1. The third-order valence-corrected chi connectivity index (χ3v) is 2.80. The van der Waals surface area contributed by atoms with E-state index in [4.69, 9.17) is 0 Å². The normalized spacial score (nSPS) is 10.1. The number of aromatic nitrogens is 3. The molecule has 0 radical (unpaired) electrons. The van der Waals surface area contributed by atoms with E-state index in [0.717, 1.165) is 21.5 Å². The van der Waals surface area contributed by atoms with Gasteiger partial charge in [-0.2, -0.15) is 0 Å². The number of hydrogen-bond donors (Lipinski definition) is 1. The predicted octanol–water partition coefficient (Wildman–Crippen LogP) is 2.58.